The van der Waals surface area contributed by atoms with Gasteiger partial charge in [-0.2, -0.15) is 0 Å². The predicted octanol–water partition coefficient (Wildman–Crippen LogP) is -8.32. The van der Waals surface area contributed by atoms with Crippen molar-refractivity contribution in [1.29, 1.82) is 0 Å². The molecule has 0 aliphatic heterocycles. The van der Waals surface area contributed by atoms with Gasteiger partial charge in [-0.05, 0) is 0 Å². The summed E-state index contributed by atoms with van der Waals surface area (Å²) in [6.07, 6.45) is 0. The molecule has 0 atom stereocenters. The van der Waals surface area contributed by atoms with Crippen molar-refractivity contribution in [3.8, 4) is 0 Å². The molecule has 0 saturated heterocycles. The minimum absolute atomic E-state index is 0. The van der Waals surface area contributed by atoms with E-state index in [1.807, 2.05) is 0 Å². The molecule has 0 unspecified atom stereocenters. The molecule has 0 aromatic carbocycles. The summed E-state index contributed by atoms with van der Waals surface area (Å²) in [7, 11) is 0. The van der Waals surface area contributed by atoms with Crippen LogP contribution in [0.25, 0.3) is 0 Å². The first-order chi connectivity index (χ1) is 7.93. The molecular formula is C6H4MnNaO13. The number of carbonyl (C=O) groups is 6. The monoisotopic (exact) mass is 362 g/mol. The molecule has 0 aromatic heterocycles. The van der Waals surface area contributed by atoms with E-state index in [2.05, 4.69) is 0 Å². The third kappa shape index (κ3) is 45.8. The molecule has 0 aliphatic rings. The van der Waals surface area contributed by atoms with Gasteiger partial charge in [-0.3, -0.25) is 0 Å². The van der Waals surface area contributed by atoms with E-state index in [1.165, 1.54) is 0 Å². The molecule has 0 amide bonds. The van der Waals surface area contributed by atoms with E-state index in [1.54, 1.807) is 0 Å². The summed E-state index contributed by atoms with van der Waals surface area (Å²) in [5.41, 5.74) is 0. The van der Waals surface area contributed by atoms with Crippen molar-refractivity contribution in [2.24, 2.45) is 0 Å². The minimum atomic E-state index is -2.19. The van der Waals surface area contributed by atoms with Crippen molar-refractivity contribution in [2.75, 3.05) is 0 Å². The molecular weight excluding hydrogens is 358 g/mol. The molecule has 0 fully saturated rings. The summed E-state index contributed by atoms with van der Waals surface area (Å²) < 4.78 is 0. The van der Waals surface area contributed by atoms with Crippen molar-refractivity contribution in [3.05, 3.63) is 0 Å². The maximum Gasteiger partial charge on any atom is 3.00 e. The number of hydrogen-bond donors (Lipinski definition) is 4. The Balaban J connectivity index is -0.0000000375. The number of carboxylic acid groups (broad SMARTS) is 6. The molecule has 0 aromatic rings. The van der Waals surface area contributed by atoms with Gasteiger partial charge in [0.25, 0.3) is 0 Å². The van der Waals surface area contributed by atoms with Crippen LogP contribution in [-0.4, -0.2) is 56.2 Å². The number of aliphatic carboxylic acids is 6. The first kappa shape index (κ1) is 36.5. The standard InChI is InChI=1S/3C2H2O4.Mn.Na.O/c3*3-1(4)2(5)6;;;/h3*(H,3,4)(H,5,6);;;/q;;;+3;+1;-2/p-2. The smallest absolute Gasteiger partial charge is 2.00 e. The van der Waals surface area contributed by atoms with E-state index in [9.17, 15) is 0 Å². The van der Waals surface area contributed by atoms with E-state index >= 15 is 0 Å². The quantitative estimate of drug-likeness (QED) is 0.231. The number of carboxylic acids is 6. The Hall–Kier alpha value is -1.70. The van der Waals surface area contributed by atoms with E-state index in [0.29, 0.717) is 0 Å². The summed E-state index contributed by atoms with van der Waals surface area (Å²) in [4.78, 5) is 54.2. The molecule has 13 nitrogen and oxygen atoms in total. The van der Waals surface area contributed by atoms with Crippen LogP contribution < -0.4 is 39.8 Å². The van der Waals surface area contributed by atoms with Gasteiger partial charge in [-0.25, -0.2) is 19.2 Å². The second-order valence-electron chi connectivity index (χ2n) is 1.80. The van der Waals surface area contributed by atoms with E-state index in [4.69, 9.17) is 59.4 Å². The van der Waals surface area contributed by atoms with E-state index in [0.717, 1.165) is 0 Å². The van der Waals surface area contributed by atoms with Gasteiger partial charge >= 0.3 is 70.5 Å². The number of carbonyl (C=O) groups excluding carboxylic acids is 2. The molecule has 0 aliphatic carbocycles. The van der Waals surface area contributed by atoms with Gasteiger partial charge in [0, 0.05) is 0 Å². The fourth-order valence-electron chi connectivity index (χ4n) is 0. The third-order valence-corrected chi connectivity index (χ3v) is 0.533. The van der Waals surface area contributed by atoms with Crippen molar-refractivity contribution in [1.82, 2.24) is 0 Å². The van der Waals surface area contributed by atoms with Crippen molar-refractivity contribution in [3.63, 3.8) is 0 Å². The van der Waals surface area contributed by atoms with Gasteiger partial charge in [0.15, 0.2) is 0 Å². The number of hydrogen-bond acceptors (Lipinski definition) is 8. The second kappa shape index (κ2) is 20.6. The van der Waals surface area contributed by atoms with Gasteiger partial charge < -0.3 is 45.7 Å². The Labute approximate surface area is 147 Å². The van der Waals surface area contributed by atoms with Gasteiger partial charge in [0.2, 0.25) is 0 Å². The Morgan fingerprint density at radius 2 is 0.667 bits per heavy atom. The van der Waals surface area contributed by atoms with E-state index < -0.39 is 35.8 Å². The summed E-state index contributed by atoms with van der Waals surface area (Å²) >= 11 is 0. The van der Waals surface area contributed by atoms with Gasteiger partial charge in [0.1, 0.15) is 0 Å². The molecule has 0 saturated carbocycles. The fraction of sp³-hybridized carbons (Fsp3) is 0. The molecule has 0 radical (unpaired) electrons. The van der Waals surface area contributed by atoms with Crippen molar-refractivity contribution < 1.29 is 112 Å². The summed E-state index contributed by atoms with van der Waals surface area (Å²) in [6.45, 7) is 0. The fourth-order valence-corrected chi connectivity index (χ4v) is 0. The summed E-state index contributed by atoms with van der Waals surface area (Å²) in [5, 5.41) is 47.4. The zero-order valence-corrected chi connectivity index (χ0v) is 13.0. The van der Waals surface area contributed by atoms with Crippen LogP contribution in [0.2, 0.25) is 0 Å². The zero-order valence-electron chi connectivity index (χ0n) is 9.84. The van der Waals surface area contributed by atoms with Crippen LogP contribution in [0.5, 0.6) is 0 Å². The topological polar surface area (TPSA) is 258 Å². The first-order valence-electron chi connectivity index (χ1n) is 3.28. The summed E-state index contributed by atoms with van der Waals surface area (Å²) in [5.74, 6) is -11.7. The Morgan fingerprint density at radius 3 is 0.667 bits per heavy atom. The largest absolute Gasteiger partial charge is 3.00 e. The molecule has 0 bridgehead atoms. The average molecular weight is 362 g/mol. The van der Waals surface area contributed by atoms with Gasteiger partial charge in [-0.1, -0.05) is 0 Å². The molecule has 15 heteroatoms. The Bertz CT molecular complexity index is 284. The molecule has 114 valence electrons. The normalized spacial score (nSPS) is 6.29. The second-order valence-corrected chi connectivity index (χ2v) is 1.80. The maximum absolute atomic E-state index is 9.10. The maximum atomic E-state index is 9.10. The van der Waals surface area contributed by atoms with Crippen molar-refractivity contribution >= 4 is 35.8 Å². The molecule has 21 heavy (non-hydrogen) atoms. The van der Waals surface area contributed by atoms with Gasteiger partial charge in [-0.15, -0.1) is 0 Å². The average Bonchev–Trinajstić information content (AvgIpc) is 2.18. The molecule has 0 heterocycles. The first-order valence-corrected chi connectivity index (χ1v) is 3.28. The van der Waals surface area contributed by atoms with Crippen LogP contribution in [0.4, 0.5) is 0 Å². The number of rotatable bonds is 0. The van der Waals surface area contributed by atoms with Crippen LogP contribution in [0, 0.1) is 0 Å². The van der Waals surface area contributed by atoms with Crippen LogP contribution in [0.1, 0.15) is 0 Å². The Morgan fingerprint density at radius 1 is 0.571 bits per heavy atom. The summed E-state index contributed by atoms with van der Waals surface area (Å²) in [6, 6.07) is 0. The molecule has 0 rings (SSSR count). The third-order valence-electron chi connectivity index (χ3n) is 0.533. The minimum Gasteiger partial charge on any atom is -2.00 e. The van der Waals surface area contributed by atoms with Crippen LogP contribution in [-0.2, 0) is 51.3 Å². The van der Waals surface area contributed by atoms with Crippen LogP contribution >= 0.6 is 0 Å². The SMILES string of the molecule is O=C(O)C(=O)O.O=C(O)C(=O)O.O=C([O-])C(=O)[O-].[Mn+3].[Na+].[O-2]. The van der Waals surface area contributed by atoms with Gasteiger partial charge in [0.05, 0.1) is 11.9 Å². The molecule has 4 N–H and O–H groups in total. The zero-order chi connectivity index (χ0) is 15.5. The predicted molar refractivity (Wildman–Crippen MR) is 41.2 cm³/mol. The van der Waals surface area contributed by atoms with E-state index in [-0.39, 0.29) is 52.1 Å². The molecule has 0 spiro atoms. The Kier molecular flexibility index (Phi) is 35.9. The van der Waals surface area contributed by atoms with Crippen LogP contribution in [0.3, 0.4) is 0 Å². The van der Waals surface area contributed by atoms with Crippen molar-refractivity contribution in [2.45, 2.75) is 0 Å². The van der Waals surface area contributed by atoms with Crippen LogP contribution in [0.15, 0.2) is 0 Å².